The smallest absolute Gasteiger partial charge is 0.151 e. The number of anilines is 3. The molecule has 0 radical (unpaired) electrons. The summed E-state index contributed by atoms with van der Waals surface area (Å²) >= 11 is 0. The molecule has 0 amide bonds. The van der Waals surface area contributed by atoms with Crippen LogP contribution in [0, 0.1) is 0 Å². The first-order valence-corrected chi connectivity index (χ1v) is 18.4. The van der Waals surface area contributed by atoms with E-state index < -0.39 is 0 Å². The summed E-state index contributed by atoms with van der Waals surface area (Å²) in [5, 5.41) is 3.64. The van der Waals surface area contributed by atoms with E-state index in [9.17, 15) is 0 Å². The van der Waals surface area contributed by atoms with Crippen LogP contribution in [-0.4, -0.2) is 9.13 Å². The first kappa shape index (κ1) is 30.3. The Hall–Kier alpha value is -7.30. The van der Waals surface area contributed by atoms with Crippen LogP contribution in [0.25, 0.3) is 66.5 Å². The van der Waals surface area contributed by atoms with E-state index in [2.05, 4.69) is 190 Å². The summed E-state index contributed by atoms with van der Waals surface area (Å²) in [7, 11) is 0. The quantitative estimate of drug-likeness (QED) is 0.179. The number of ether oxygens (including phenoxy) is 1. The zero-order valence-corrected chi connectivity index (χ0v) is 29.3. The van der Waals surface area contributed by atoms with E-state index in [0.717, 1.165) is 45.5 Å². The molecule has 0 unspecified atom stereocenters. The highest BCUT2D eigenvalue weighted by atomic mass is 16.5. The van der Waals surface area contributed by atoms with Crippen LogP contribution in [0.4, 0.5) is 17.1 Å². The number of hydrogen-bond donors (Lipinski definition) is 0. The summed E-state index contributed by atoms with van der Waals surface area (Å²) in [4.78, 5) is 2.29. The number of nitrogens with zero attached hydrogens (tertiary/aromatic N) is 3. The summed E-state index contributed by atoms with van der Waals surface area (Å²) < 4.78 is 11.3. The largest absolute Gasteiger partial charge is 0.453 e. The van der Waals surface area contributed by atoms with Crippen molar-refractivity contribution in [3.63, 3.8) is 0 Å². The van der Waals surface area contributed by atoms with E-state index in [1.54, 1.807) is 0 Å². The SMILES string of the molecule is c1ccc(-c2c(-c3ccccc3)n(-c3ccccc3)c3c2ccc2c4ccccc4n(-c4ccc(N5c6ccccc6Oc6ccccc65)cc4)c23)cc1. The number of fused-ring (bicyclic) bond motifs is 7. The van der Waals surface area contributed by atoms with Crippen LogP contribution < -0.4 is 9.64 Å². The molecule has 4 heteroatoms. The second kappa shape index (κ2) is 12.1. The highest BCUT2D eigenvalue weighted by molar-refractivity contribution is 6.22. The number of rotatable bonds is 5. The third-order valence-corrected chi connectivity index (χ3v) is 10.7. The molecule has 1 aliphatic heterocycles. The van der Waals surface area contributed by atoms with E-state index in [1.807, 2.05) is 24.3 Å². The summed E-state index contributed by atoms with van der Waals surface area (Å²) in [5.41, 5.74) is 13.6. The van der Waals surface area contributed by atoms with Gasteiger partial charge in [-0.3, -0.25) is 0 Å². The molecular weight excluding hydrogens is 659 g/mol. The summed E-state index contributed by atoms with van der Waals surface area (Å²) in [5.74, 6) is 1.69. The standard InChI is InChI=1S/C50H33N3O/c1-4-16-34(17-5-1)47-41-33-32-40-39-22-10-11-23-42(39)52(49(40)50(41)53(36-20-8-3-9-21-36)48(47)35-18-6-2-7-19-35)38-30-28-37(29-31-38)51-43-24-12-14-26-45(43)54-46-27-15-13-25-44(46)51/h1-33H. The number of benzene rings is 8. The Kier molecular flexibility index (Phi) is 6.82. The van der Waals surface area contributed by atoms with Crippen LogP contribution in [0.5, 0.6) is 11.5 Å². The van der Waals surface area contributed by atoms with Crippen molar-refractivity contribution in [3.8, 4) is 45.3 Å². The van der Waals surface area contributed by atoms with Crippen LogP contribution in [0.1, 0.15) is 0 Å². The maximum atomic E-state index is 6.32. The Labute approximate surface area is 313 Å². The van der Waals surface area contributed by atoms with Gasteiger partial charge in [0.25, 0.3) is 0 Å². The molecule has 10 aromatic rings. The second-order valence-corrected chi connectivity index (χ2v) is 13.7. The Morgan fingerprint density at radius 3 is 1.52 bits per heavy atom. The summed E-state index contributed by atoms with van der Waals surface area (Å²) in [6, 6.07) is 71.4. The van der Waals surface area contributed by atoms with Crippen LogP contribution in [0.15, 0.2) is 200 Å². The van der Waals surface area contributed by atoms with Crippen molar-refractivity contribution in [2.45, 2.75) is 0 Å². The highest BCUT2D eigenvalue weighted by Gasteiger charge is 2.28. The Morgan fingerprint density at radius 2 is 0.833 bits per heavy atom. The average molecular weight is 692 g/mol. The van der Waals surface area contributed by atoms with Gasteiger partial charge < -0.3 is 18.8 Å². The third kappa shape index (κ3) is 4.57. The van der Waals surface area contributed by atoms with Gasteiger partial charge in [-0.25, -0.2) is 0 Å². The highest BCUT2D eigenvalue weighted by Crippen LogP contribution is 2.51. The third-order valence-electron chi connectivity index (χ3n) is 10.7. The molecular formula is C50H33N3O. The van der Waals surface area contributed by atoms with Crippen LogP contribution in [0.3, 0.4) is 0 Å². The molecule has 4 nitrogen and oxygen atoms in total. The van der Waals surface area contributed by atoms with Crippen molar-refractivity contribution < 1.29 is 4.74 Å². The van der Waals surface area contributed by atoms with Gasteiger partial charge in [0.05, 0.1) is 33.6 Å². The van der Waals surface area contributed by atoms with E-state index in [0.29, 0.717) is 0 Å². The number of para-hydroxylation sites is 6. The van der Waals surface area contributed by atoms with Gasteiger partial charge >= 0.3 is 0 Å². The molecule has 0 N–H and O–H groups in total. The molecule has 0 fully saturated rings. The van der Waals surface area contributed by atoms with Gasteiger partial charge in [-0.15, -0.1) is 0 Å². The minimum atomic E-state index is 0.843. The predicted octanol–water partition coefficient (Wildman–Crippen LogP) is 13.6. The normalized spacial score (nSPS) is 12.2. The summed E-state index contributed by atoms with van der Waals surface area (Å²) in [6.45, 7) is 0. The van der Waals surface area contributed by atoms with E-state index >= 15 is 0 Å². The maximum absolute atomic E-state index is 6.32. The molecule has 0 saturated carbocycles. The maximum Gasteiger partial charge on any atom is 0.151 e. The van der Waals surface area contributed by atoms with Crippen LogP contribution >= 0.6 is 0 Å². The molecule has 0 spiro atoms. The molecule has 2 aromatic heterocycles. The van der Waals surface area contributed by atoms with Gasteiger partial charge in [0.1, 0.15) is 0 Å². The minimum Gasteiger partial charge on any atom is -0.453 e. The Bertz CT molecular complexity index is 2950. The first-order valence-electron chi connectivity index (χ1n) is 18.4. The molecule has 0 atom stereocenters. The number of hydrogen-bond acceptors (Lipinski definition) is 2. The fraction of sp³-hybridized carbons (Fsp3) is 0. The van der Waals surface area contributed by atoms with Gasteiger partial charge in [0.2, 0.25) is 0 Å². The van der Waals surface area contributed by atoms with Crippen molar-refractivity contribution in [3.05, 3.63) is 200 Å². The topological polar surface area (TPSA) is 22.3 Å². The van der Waals surface area contributed by atoms with Crippen molar-refractivity contribution in [2.24, 2.45) is 0 Å². The zero-order valence-electron chi connectivity index (χ0n) is 29.3. The van der Waals surface area contributed by atoms with Crippen molar-refractivity contribution in [1.29, 1.82) is 0 Å². The van der Waals surface area contributed by atoms with Crippen molar-refractivity contribution in [1.82, 2.24) is 9.13 Å². The Morgan fingerprint density at radius 1 is 0.333 bits per heavy atom. The molecule has 8 aromatic carbocycles. The van der Waals surface area contributed by atoms with Crippen molar-refractivity contribution >= 4 is 49.8 Å². The lowest BCUT2D eigenvalue weighted by molar-refractivity contribution is 0.477. The second-order valence-electron chi connectivity index (χ2n) is 13.7. The fourth-order valence-corrected chi connectivity index (χ4v) is 8.42. The zero-order chi connectivity index (χ0) is 35.6. The monoisotopic (exact) mass is 691 g/mol. The van der Waals surface area contributed by atoms with Gasteiger partial charge in [0, 0.05) is 38.8 Å². The van der Waals surface area contributed by atoms with Gasteiger partial charge in [-0.1, -0.05) is 133 Å². The molecule has 0 bridgehead atoms. The fourth-order valence-electron chi connectivity index (χ4n) is 8.42. The lowest BCUT2D eigenvalue weighted by atomic mass is 9.98. The van der Waals surface area contributed by atoms with Crippen molar-refractivity contribution in [2.75, 3.05) is 4.90 Å². The molecule has 3 heterocycles. The van der Waals surface area contributed by atoms with E-state index in [4.69, 9.17) is 4.74 Å². The summed E-state index contributed by atoms with van der Waals surface area (Å²) in [6.07, 6.45) is 0. The van der Waals surface area contributed by atoms with Crippen LogP contribution in [0.2, 0.25) is 0 Å². The predicted molar refractivity (Wildman–Crippen MR) is 223 cm³/mol. The molecule has 1 aliphatic rings. The molecule has 254 valence electrons. The number of aromatic nitrogens is 2. The molecule has 0 saturated heterocycles. The van der Waals surface area contributed by atoms with E-state index in [-0.39, 0.29) is 0 Å². The first-order chi connectivity index (χ1) is 26.8. The van der Waals surface area contributed by atoms with E-state index in [1.165, 1.54) is 49.6 Å². The lowest BCUT2D eigenvalue weighted by Gasteiger charge is -2.32. The van der Waals surface area contributed by atoms with Gasteiger partial charge in [-0.2, -0.15) is 0 Å². The lowest BCUT2D eigenvalue weighted by Crippen LogP contribution is -2.15. The molecule has 54 heavy (non-hydrogen) atoms. The Balaban J connectivity index is 1.22. The van der Waals surface area contributed by atoms with Gasteiger partial charge in [0.15, 0.2) is 11.5 Å². The molecule has 11 rings (SSSR count). The minimum absolute atomic E-state index is 0.843. The molecule has 0 aliphatic carbocycles. The van der Waals surface area contributed by atoms with Crippen LogP contribution in [-0.2, 0) is 0 Å². The average Bonchev–Trinajstić information content (AvgIpc) is 3.77. The van der Waals surface area contributed by atoms with Gasteiger partial charge in [-0.05, 0) is 77.9 Å².